The van der Waals surface area contributed by atoms with Crippen LogP contribution in [-0.2, 0) is 21.3 Å². The highest BCUT2D eigenvalue weighted by Crippen LogP contribution is 2.26. The third-order valence-corrected chi connectivity index (χ3v) is 5.03. The van der Waals surface area contributed by atoms with Crippen molar-refractivity contribution in [1.29, 1.82) is 0 Å². The number of alkyl halides is 1. The van der Waals surface area contributed by atoms with Gasteiger partial charge in [0.05, 0.1) is 24.4 Å². The molecule has 2 rings (SSSR count). The largest absolute Gasteiger partial charge is 0.370 e. The summed E-state index contributed by atoms with van der Waals surface area (Å²) >= 11 is 5.63. The molecule has 2 heterocycles. The molecule has 1 atom stereocenters. The molecule has 1 unspecified atom stereocenters. The number of rotatable bonds is 4. The number of morpholine rings is 1. The molecule has 1 fully saturated rings. The summed E-state index contributed by atoms with van der Waals surface area (Å²) in [6.45, 7) is 6.83. The van der Waals surface area contributed by atoms with Gasteiger partial charge in [0.15, 0.2) is 0 Å². The first kappa shape index (κ1) is 15.8. The van der Waals surface area contributed by atoms with E-state index in [1.807, 2.05) is 20.8 Å². The molecule has 1 aromatic heterocycles. The second kappa shape index (κ2) is 5.63. The lowest BCUT2D eigenvalue weighted by Crippen LogP contribution is -2.53. The van der Waals surface area contributed by atoms with Crippen LogP contribution in [0.15, 0.2) is 17.3 Å². The van der Waals surface area contributed by atoms with Crippen LogP contribution >= 0.6 is 11.6 Å². The molecule has 20 heavy (non-hydrogen) atoms. The van der Waals surface area contributed by atoms with Crippen LogP contribution in [0.3, 0.4) is 0 Å². The molecule has 0 spiro atoms. The molecule has 1 saturated heterocycles. The minimum absolute atomic E-state index is 0.133. The van der Waals surface area contributed by atoms with E-state index in [9.17, 15) is 8.42 Å². The van der Waals surface area contributed by atoms with Crippen molar-refractivity contribution in [3.05, 3.63) is 12.4 Å². The zero-order chi connectivity index (χ0) is 15.0. The number of sulfonamides is 1. The van der Waals surface area contributed by atoms with Gasteiger partial charge in [-0.3, -0.25) is 4.68 Å². The van der Waals surface area contributed by atoms with Crippen molar-refractivity contribution in [2.75, 3.05) is 19.0 Å². The molecule has 0 saturated carbocycles. The van der Waals surface area contributed by atoms with E-state index >= 15 is 0 Å². The van der Waals surface area contributed by atoms with Gasteiger partial charge in [-0.1, -0.05) is 0 Å². The fourth-order valence-electron chi connectivity index (χ4n) is 2.41. The number of aryl methyl sites for hydroxylation is 1. The Kier molecular flexibility index (Phi) is 4.44. The normalized spacial score (nSPS) is 23.9. The predicted molar refractivity (Wildman–Crippen MR) is 76.3 cm³/mol. The number of hydrogen-bond acceptors (Lipinski definition) is 4. The summed E-state index contributed by atoms with van der Waals surface area (Å²) in [5, 5.41) is 4.02. The monoisotopic (exact) mass is 321 g/mol. The molecule has 0 radical (unpaired) electrons. The molecule has 6 nitrogen and oxygen atoms in total. The van der Waals surface area contributed by atoms with Crippen molar-refractivity contribution in [1.82, 2.24) is 14.1 Å². The fourth-order valence-corrected chi connectivity index (χ4v) is 4.21. The maximum Gasteiger partial charge on any atom is 0.246 e. The quantitative estimate of drug-likeness (QED) is 0.784. The second-order valence-corrected chi connectivity index (χ2v) is 7.93. The smallest absolute Gasteiger partial charge is 0.246 e. The summed E-state index contributed by atoms with van der Waals surface area (Å²) in [6, 6.07) is 0. The Bertz CT molecular complexity index is 570. The zero-order valence-electron chi connectivity index (χ0n) is 11.9. The van der Waals surface area contributed by atoms with Gasteiger partial charge in [0.25, 0.3) is 0 Å². The van der Waals surface area contributed by atoms with Crippen molar-refractivity contribution in [3.8, 4) is 0 Å². The predicted octanol–water partition coefficient (Wildman–Crippen LogP) is 1.31. The fraction of sp³-hybridized carbons (Fsp3) is 0.750. The number of hydrogen-bond donors (Lipinski definition) is 0. The molecule has 0 aliphatic carbocycles. The highest BCUT2D eigenvalue weighted by atomic mass is 35.5. The number of nitrogens with zero attached hydrogens (tertiary/aromatic N) is 3. The number of halogens is 1. The van der Waals surface area contributed by atoms with Crippen molar-refractivity contribution in [3.63, 3.8) is 0 Å². The van der Waals surface area contributed by atoms with E-state index in [1.165, 1.54) is 21.4 Å². The summed E-state index contributed by atoms with van der Waals surface area (Å²) in [5.74, 6) is 0.392. The lowest BCUT2D eigenvalue weighted by molar-refractivity contribution is -0.109. The van der Waals surface area contributed by atoms with Crippen LogP contribution in [0.2, 0.25) is 0 Å². The lowest BCUT2D eigenvalue weighted by atomic mass is 10.1. The molecule has 0 aromatic carbocycles. The Hall–Kier alpha value is -0.630. The van der Waals surface area contributed by atoms with Crippen LogP contribution < -0.4 is 0 Å². The molecular weight excluding hydrogens is 302 g/mol. The standard InChI is InChI=1S/C12H20ClN3O3S/c1-10-7-16(9-12(2,3)19-10)20(17,18)11-6-14-15(8-11)5-4-13/h6,8,10H,4-5,7,9H2,1-3H3. The SMILES string of the molecule is CC1CN(S(=O)(=O)c2cnn(CCCl)c2)CC(C)(C)O1. The first-order chi connectivity index (χ1) is 9.24. The van der Waals surface area contributed by atoms with Gasteiger partial charge in [-0.25, -0.2) is 8.42 Å². The Morgan fingerprint density at radius 3 is 2.85 bits per heavy atom. The van der Waals surface area contributed by atoms with Gasteiger partial charge in [-0.2, -0.15) is 9.40 Å². The van der Waals surface area contributed by atoms with E-state index in [0.29, 0.717) is 25.5 Å². The number of ether oxygens (including phenoxy) is 1. The Labute approximate surface area is 124 Å². The van der Waals surface area contributed by atoms with Crippen molar-refractivity contribution < 1.29 is 13.2 Å². The van der Waals surface area contributed by atoms with Gasteiger partial charge in [0.2, 0.25) is 10.0 Å². The van der Waals surface area contributed by atoms with E-state index in [0.717, 1.165) is 0 Å². The minimum Gasteiger partial charge on any atom is -0.370 e. The summed E-state index contributed by atoms with van der Waals surface area (Å²) in [4.78, 5) is 0.201. The maximum atomic E-state index is 12.6. The maximum absolute atomic E-state index is 12.6. The molecule has 1 aliphatic heterocycles. The van der Waals surface area contributed by atoms with Crippen LogP contribution in [0, 0.1) is 0 Å². The van der Waals surface area contributed by atoms with Gasteiger partial charge in [-0.15, -0.1) is 11.6 Å². The zero-order valence-corrected chi connectivity index (χ0v) is 13.5. The summed E-state index contributed by atoms with van der Waals surface area (Å²) < 4.78 is 34.0. The van der Waals surface area contributed by atoms with Gasteiger partial charge in [0.1, 0.15) is 4.90 Å². The van der Waals surface area contributed by atoms with Gasteiger partial charge < -0.3 is 4.74 Å². The van der Waals surface area contributed by atoms with E-state index in [2.05, 4.69) is 5.10 Å². The molecule has 0 amide bonds. The number of aromatic nitrogens is 2. The van der Waals surface area contributed by atoms with Crippen LogP contribution in [0.1, 0.15) is 20.8 Å². The van der Waals surface area contributed by atoms with E-state index in [1.54, 1.807) is 0 Å². The molecule has 114 valence electrons. The molecule has 0 bridgehead atoms. The summed E-state index contributed by atoms with van der Waals surface area (Å²) in [6.07, 6.45) is 2.76. The highest BCUT2D eigenvalue weighted by Gasteiger charge is 2.38. The Balaban J connectivity index is 2.24. The third kappa shape index (κ3) is 3.33. The van der Waals surface area contributed by atoms with Crippen LogP contribution in [0.25, 0.3) is 0 Å². The van der Waals surface area contributed by atoms with Crippen LogP contribution in [0.5, 0.6) is 0 Å². The average molecular weight is 322 g/mol. The van der Waals surface area contributed by atoms with Crippen LogP contribution in [-0.4, -0.2) is 53.2 Å². The van der Waals surface area contributed by atoms with Crippen molar-refractivity contribution in [2.45, 2.75) is 43.9 Å². The highest BCUT2D eigenvalue weighted by molar-refractivity contribution is 7.89. The Morgan fingerprint density at radius 2 is 2.25 bits per heavy atom. The third-order valence-electron chi connectivity index (χ3n) is 3.10. The van der Waals surface area contributed by atoms with Crippen LogP contribution in [0.4, 0.5) is 0 Å². The minimum atomic E-state index is -3.54. The molecule has 0 N–H and O–H groups in total. The van der Waals surface area contributed by atoms with Gasteiger partial charge in [-0.05, 0) is 20.8 Å². The summed E-state index contributed by atoms with van der Waals surface area (Å²) in [5.41, 5.74) is -0.489. The first-order valence-electron chi connectivity index (χ1n) is 6.51. The van der Waals surface area contributed by atoms with Crippen molar-refractivity contribution in [2.24, 2.45) is 0 Å². The Morgan fingerprint density at radius 1 is 1.55 bits per heavy atom. The molecular formula is C12H20ClN3O3S. The van der Waals surface area contributed by atoms with Gasteiger partial charge in [0, 0.05) is 25.2 Å². The van der Waals surface area contributed by atoms with E-state index in [-0.39, 0.29) is 11.0 Å². The molecule has 1 aromatic rings. The average Bonchev–Trinajstić information content (AvgIpc) is 2.76. The topological polar surface area (TPSA) is 64.4 Å². The van der Waals surface area contributed by atoms with E-state index in [4.69, 9.17) is 16.3 Å². The first-order valence-corrected chi connectivity index (χ1v) is 8.48. The molecule has 1 aliphatic rings. The van der Waals surface area contributed by atoms with Crippen molar-refractivity contribution >= 4 is 21.6 Å². The van der Waals surface area contributed by atoms with E-state index < -0.39 is 15.6 Å². The second-order valence-electron chi connectivity index (χ2n) is 5.61. The lowest BCUT2D eigenvalue weighted by Gasteiger charge is -2.40. The summed E-state index contributed by atoms with van der Waals surface area (Å²) in [7, 11) is -3.54. The van der Waals surface area contributed by atoms with Gasteiger partial charge >= 0.3 is 0 Å². The molecule has 8 heteroatoms.